The number of nitrogens with one attached hydrogen (secondary N) is 1. The fraction of sp³-hybridized carbons (Fsp3) is 0.316. The van der Waals surface area contributed by atoms with Gasteiger partial charge in [-0.2, -0.15) is 0 Å². The molecule has 0 aliphatic carbocycles. The number of hydrogen-bond donors (Lipinski definition) is 2. The Bertz CT molecular complexity index is 1120. The summed E-state index contributed by atoms with van der Waals surface area (Å²) in [5.74, 6) is -1.05. The van der Waals surface area contributed by atoms with Crippen LogP contribution in [0.1, 0.15) is 55.1 Å². The second-order valence-corrected chi connectivity index (χ2v) is 8.58. The van der Waals surface area contributed by atoms with Crippen LogP contribution in [0, 0.1) is 20.8 Å². The lowest BCUT2D eigenvalue weighted by Crippen LogP contribution is -2.15. The number of alkyl halides is 2. The van der Waals surface area contributed by atoms with E-state index in [0.717, 1.165) is 21.8 Å². The van der Waals surface area contributed by atoms with Crippen LogP contribution in [0.3, 0.4) is 0 Å². The molecule has 0 aliphatic heterocycles. The van der Waals surface area contributed by atoms with E-state index in [4.69, 9.17) is 10.5 Å². The molecule has 0 spiro atoms. The number of esters is 1. The third kappa shape index (κ3) is 3.82. The van der Waals surface area contributed by atoms with Crippen LogP contribution in [0.5, 0.6) is 0 Å². The lowest BCUT2D eigenvalue weighted by atomic mass is 10.1. The Morgan fingerprint density at radius 3 is 2.59 bits per heavy atom. The number of nitrogen functional groups attached to an aromatic ring is 1. The molecule has 154 valence electrons. The fourth-order valence-electron chi connectivity index (χ4n) is 2.94. The van der Waals surface area contributed by atoms with Gasteiger partial charge in [-0.25, -0.2) is 18.6 Å². The van der Waals surface area contributed by atoms with Gasteiger partial charge in [0.1, 0.15) is 20.4 Å². The van der Waals surface area contributed by atoms with Crippen LogP contribution in [-0.4, -0.2) is 23.5 Å². The van der Waals surface area contributed by atoms with Gasteiger partial charge in [0.2, 0.25) is 0 Å². The van der Waals surface area contributed by atoms with Crippen molar-refractivity contribution in [2.24, 2.45) is 0 Å². The molecule has 0 radical (unpaired) electrons. The first-order valence-electron chi connectivity index (χ1n) is 8.71. The molecule has 29 heavy (non-hydrogen) atoms. The molecule has 0 saturated carbocycles. The van der Waals surface area contributed by atoms with E-state index in [1.165, 1.54) is 17.4 Å². The van der Waals surface area contributed by atoms with Gasteiger partial charge in [-0.05, 0) is 44.9 Å². The molecule has 3 rings (SSSR count). The molecule has 0 aromatic carbocycles. The third-order valence-electron chi connectivity index (χ3n) is 4.44. The van der Waals surface area contributed by atoms with E-state index in [9.17, 15) is 18.4 Å². The first kappa shape index (κ1) is 21.1. The average molecular weight is 440 g/mol. The molecule has 0 bridgehead atoms. The Morgan fingerprint density at radius 2 is 1.97 bits per heavy atom. The maximum atomic E-state index is 13.0. The Kier molecular flexibility index (Phi) is 5.85. The van der Waals surface area contributed by atoms with E-state index in [-0.39, 0.29) is 27.7 Å². The number of nitrogens with two attached hydrogens (primary N) is 1. The van der Waals surface area contributed by atoms with Gasteiger partial charge >= 0.3 is 5.97 Å². The van der Waals surface area contributed by atoms with Crippen molar-refractivity contribution in [3.63, 3.8) is 0 Å². The SMILES string of the molecule is CCOC(=O)c1c(NC(=O)c2sc3nc(C(F)F)cc(C)c3c2N)sc(C)c1C. The van der Waals surface area contributed by atoms with E-state index in [0.29, 0.717) is 21.5 Å². The minimum absolute atomic E-state index is 0.153. The Hall–Kier alpha value is -2.59. The van der Waals surface area contributed by atoms with Crippen LogP contribution in [0.15, 0.2) is 6.07 Å². The van der Waals surface area contributed by atoms with E-state index in [1.54, 1.807) is 20.8 Å². The molecule has 0 fully saturated rings. The molecule has 10 heteroatoms. The van der Waals surface area contributed by atoms with E-state index in [2.05, 4.69) is 10.3 Å². The van der Waals surface area contributed by atoms with Crippen molar-refractivity contribution in [2.45, 2.75) is 34.1 Å². The average Bonchev–Trinajstić information content (AvgIpc) is 3.12. The number of hydrogen-bond acceptors (Lipinski definition) is 7. The van der Waals surface area contributed by atoms with Crippen LogP contribution in [0.25, 0.3) is 10.2 Å². The fourth-order valence-corrected chi connectivity index (χ4v) is 5.06. The van der Waals surface area contributed by atoms with Gasteiger partial charge in [0.15, 0.2) is 0 Å². The molecule has 0 unspecified atom stereocenters. The number of nitrogens with zero attached hydrogens (tertiary/aromatic N) is 1. The Balaban J connectivity index is 2.01. The van der Waals surface area contributed by atoms with Crippen molar-refractivity contribution in [2.75, 3.05) is 17.7 Å². The van der Waals surface area contributed by atoms with Crippen LogP contribution < -0.4 is 11.1 Å². The molecular formula is C19H19F2N3O3S2. The highest BCUT2D eigenvalue weighted by Gasteiger charge is 2.25. The van der Waals surface area contributed by atoms with Gasteiger partial charge in [-0.15, -0.1) is 22.7 Å². The molecule has 6 nitrogen and oxygen atoms in total. The highest BCUT2D eigenvalue weighted by atomic mass is 32.1. The van der Waals surface area contributed by atoms with Crippen molar-refractivity contribution >= 4 is 55.5 Å². The Morgan fingerprint density at radius 1 is 1.28 bits per heavy atom. The lowest BCUT2D eigenvalue weighted by Gasteiger charge is -2.07. The molecule has 3 heterocycles. The number of pyridine rings is 1. The lowest BCUT2D eigenvalue weighted by molar-refractivity contribution is 0.0527. The zero-order valence-electron chi connectivity index (χ0n) is 16.2. The molecule has 3 N–H and O–H groups in total. The van der Waals surface area contributed by atoms with Gasteiger partial charge in [-0.1, -0.05) is 0 Å². The van der Waals surface area contributed by atoms with Gasteiger partial charge in [0.25, 0.3) is 12.3 Å². The van der Waals surface area contributed by atoms with Crippen molar-refractivity contribution in [3.8, 4) is 0 Å². The minimum Gasteiger partial charge on any atom is -0.462 e. The zero-order valence-corrected chi connectivity index (χ0v) is 17.8. The summed E-state index contributed by atoms with van der Waals surface area (Å²) in [5, 5.41) is 3.56. The van der Waals surface area contributed by atoms with E-state index in [1.807, 2.05) is 6.92 Å². The summed E-state index contributed by atoms with van der Waals surface area (Å²) < 4.78 is 31.2. The number of halogens is 2. The molecule has 0 saturated heterocycles. The smallest absolute Gasteiger partial charge is 0.341 e. The van der Waals surface area contributed by atoms with Crippen LogP contribution in [-0.2, 0) is 4.74 Å². The number of aromatic nitrogens is 1. The van der Waals surface area contributed by atoms with Gasteiger partial charge < -0.3 is 15.8 Å². The summed E-state index contributed by atoms with van der Waals surface area (Å²) in [5.41, 5.74) is 7.50. The molecule has 3 aromatic rings. The summed E-state index contributed by atoms with van der Waals surface area (Å²) in [6.07, 6.45) is -2.72. The topological polar surface area (TPSA) is 94.3 Å². The number of carbonyl (C=O) groups is 2. The molecule has 0 atom stereocenters. The monoisotopic (exact) mass is 439 g/mol. The second kappa shape index (κ2) is 8.03. The number of carbonyl (C=O) groups excluding carboxylic acids is 2. The summed E-state index contributed by atoms with van der Waals surface area (Å²) in [4.78, 5) is 30.4. The predicted octanol–water partition coefficient (Wildman–Crippen LogP) is 5.23. The summed E-state index contributed by atoms with van der Waals surface area (Å²) >= 11 is 2.20. The minimum atomic E-state index is -2.72. The second-order valence-electron chi connectivity index (χ2n) is 6.35. The number of anilines is 2. The van der Waals surface area contributed by atoms with E-state index < -0.39 is 18.3 Å². The van der Waals surface area contributed by atoms with Crippen LogP contribution in [0.2, 0.25) is 0 Å². The largest absolute Gasteiger partial charge is 0.462 e. The van der Waals surface area contributed by atoms with Crippen LogP contribution in [0.4, 0.5) is 19.5 Å². The number of rotatable bonds is 5. The van der Waals surface area contributed by atoms with Crippen molar-refractivity contribution in [1.29, 1.82) is 0 Å². The molecule has 3 aromatic heterocycles. The number of aryl methyl sites for hydroxylation is 2. The van der Waals surface area contributed by atoms with Gasteiger partial charge in [0.05, 0.1) is 17.9 Å². The number of thiophene rings is 2. The van der Waals surface area contributed by atoms with Gasteiger partial charge in [-0.3, -0.25) is 4.79 Å². The molecule has 1 amide bonds. The van der Waals surface area contributed by atoms with Crippen LogP contribution >= 0.6 is 22.7 Å². The zero-order chi connectivity index (χ0) is 21.5. The quantitative estimate of drug-likeness (QED) is 0.531. The Labute approximate surface area is 173 Å². The highest BCUT2D eigenvalue weighted by Crippen LogP contribution is 2.38. The number of ether oxygens (including phenoxy) is 1. The highest BCUT2D eigenvalue weighted by molar-refractivity contribution is 7.21. The maximum Gasteiger partial charge on any atom is 0.341 e. The normalized spacial score (nSPS) is 11.3. The molecular weight excluding hydrogens is 420 g/mol. The summed E-state index contributed by atoms with van der Waals surface area (Å²) in [7, 11) is 0. The van der Waals surface area contributed by atoms with Crippen molar-refractivity contribution in [1.82, 2.24) is 4.98 Å². The van der Waals surface area contributed by atoms with Crippen molar-refractivity contribution < 1.29 is 23.1 Å². The van der Waals surface area contributed by atoms with Crippen molar-refractivity contribution in [3.05, 3.63) is 38.2 Å². The third-order valence-corrected chi connectivity index (χ3v) is 6.66. The standard InChI is InChI=1S/C19H19F2N3O3S2/c1-5-27-19(26)12-8(3)9(4)28-18(12)24-16(25)14-13(22)11-7(2)6-10(15(20)21)23-17(11)29-14/h6,15H,5,22H2,1-4H3,(H,24,25). The summed E-state index contributed by atoms with van der Waals surface area (Å²) in [6, 6.07) is 1.27. The number of fused-ring (bicyclic) bond motifs is 1. The summed E-state index contributed by atoms with van der Waals surface area (Å²) in [6.45, 7) is 7.17. The first-order chi connectivity index (χ1) is 13.6. The van der Waals surface area contributed by atoms with Gasteiger partial charge in [0, 0.05) is 10.3 Å². The van der Waals surface area contributed by atoms with E-state index >= 15 is 0 Å². The number of amides is 1. The predicted molar refractivity (Wildman–Crippen MR) is 111 cm³/mol. The maximum absolute atomic E-state index is 13.0. The first-order valence-corrected chi connectivity index (χ1v) is 10.3. The molecule has 0 aliphatic rings.